The van der Waals surface area contributed by atoms with Crippen molar-refractivity contribution in [3.8, 4) is 0 Å². The summed E-state index contributed by atoms with van der Waals surface area (Å²) in [5, 5.41) is 3.32. The van der Waals surface area contributed by atoms with Gasteiger partial charge in [-0.2, -0.15) is 0 Å². The van der Waals surface area contributed by atoms with Crippen LogP contribution >= 0.6 is 0 Å². The second-order valence-electron chi connectivity index (χ2n) is 3.80. The highest BCUT2D eigenvalue weighted by molar-refractivity contribution is 5.73. The number of rotatable bonds is 3. The minimum absolute atomic E-state index is 0.243. The van der Waals surface area contributed by atoms with E-state index in [0.717, 1.165) is 6.54 Å². The van der Waals surface area contributed by atoms with Crippen molar-refractivity contribution in [2.75, 3.05) is 13.2 Å². The molecule has 2 unspecified atom stereocenters. The van der Waals surface area contributed by atoms with E-state index in [1.54, 1.807) is 0 Å². The molecule has 2 atom stereocenters. The van der Waals surface area contributed by atoms with Gasteiger partial charge in [-0.3, -0.25) is 4.79 Å². The molecule has 1 aliphatic rings. The lowest BCUT2D eigenvalue weighted by molar-refractivity contribution is -0.122. The first-order valence-electron chi connectivity index (χ1n) is 4.70. The first-order valence-corrected chi connectivity index (χ1v) is 4.70. The fourth-order valence-corrected chi connectivity index (χ4v) is 1.56. The zero-order valence-corrected chi connectivity index (χ0v) is 8.30. The molecule has 0 aromatic heterocycles. The Morgan fingerprint density at radius 2 is 2.46 bits per heavy atom. The summed E-state index contributed by atoms with van der Waals surface area (Å²) in [6, 6.07) is 0.278. The summed E-state index contributed by atoms with van der Waals surface area (Å²) in [6.45, 7) is 5.68. The van der Waals surface area contributed by atoms with E-state index >= 15 is 0 Å². The Bertz CT molecular complexity index is 196. The van der Waals surface area contributed by atoms with Crippen LogP contribution in [0.3, 0.4) is 0 Å². The van der Waals surface area contributed by atoms with Crippen molar-refractivity contribution >= 4 is 5.91 Å². The van der Waals surface area contributed by atoms with E-state index < -0.39 is 0 Å². The van der Waals surface area contributed by atoms with Crippen molar-refractivity contribution in [3.63, 3.8) is 0 Å². The topological polar surface area (TPSA) is 64.3 Å². The largest absolute Gasteiger partial charge is 0.372 e. The minimum atomic E-state index is -0.261. The normalized spacial score (nSPS) is 34.5. The second kappa shape index (κ2) is 4.07. The Morgan fingerprint density at radius 3 is 3.00 bits per heavy atom. The fourth-order valence-electron chi connectivity index (χ4n) is 1.56. The van der Waals surface area contributed by atoms with Gasteiger partial charge in [-0.25, -0.2) is 0 Å². The van der Waals surface area contributed by atoms with Crippen LogP contribution in [-0.2, 0) is 9.53 Å². The molecule has 1 fully saturated rings. The third kappa shape index (κ3) is 2.67. The van der Waals surface area contributed by atoms with Crippen molar-refractivity contribution in [2.24, 2.45) is 5.73 Å². The Balaban J connectivity index is 2.46. The van der Waals surface area contributed by atoms with Crippen molar-refractivity contribution < 1.29 is 9.53 Å². The second-order valence-corrected chi connectivity index (χ2v) is 3.80. The number of amides is 1. The molecule has 13 heavy (non-hydrogen) atoms. The lowest BCUT2D eigenvalue weighted by Gasteiger charge is -2.40. The van der Waals surface area contributed by atoms with Gasteiger partial charge < -0.3 is 15.8 Å². The molecule has 0 aliphatic carbocycles. The maximum Gasteiger partial charge on any atom is 0.217 e. The van der Waals surface area contributed by atoms with Crippen molar-refractivity contribution in [1.82, 2.24) is 5.32 Å². The minimum Gasteiger partial charge on any atom is -0.372 e. The molecule has 0 aromatic carbocycles. The lowest BCUT2D eigenvalue weighted by atomic mass is 9.90. The highest BCUT2D eigenvalue weighted by Gasteiger charge is 2.34. The van der Waals surface area contributed by atoms with E-state index in [0.29, 0.717) is 19.4 Å². The van der Waals surface area contributed by atoms with Crippen LogP contribution in [0.25, 0.3) is 0 Å². The van der Waals surface area contributed by atoms with Crippen molar-refractivity contribution in [2.45, 2.75) is 38.3 Å². The van der Waals surface area contributed by atoms with Gasteiger partial charge in [0.2, 0.25) is 5.91 Å². The molecule has 4 heteroatoms. The Kier molecular flexibility index (Phi) is 3.27. The monoisotopic (exact) mass is 186 g/mol. The molecule has 1 amide bonds. The number of hydrogen-bond donors (Lipinski definition) is 2. The summed E-state index contributed by atoms with van der Waals surface area (Å²) in [6.07, 6.45) is 1.08. The molecule has 1 heterocycles. The van der Waals surface area contributed by atoms with E-state index in [1.165, 1.54) is 0 Å². The molecule has 76 valence electrons. The van der Waals surface area contributed by atoms with Gasteiger partial charge >= 0.3 is 0 Å². The number of carbonyl (C=O) groups is 1. The molecule has 0 spiro atoms. The van der Waals surface area contributed by atoms with Crippen LogP contribution in [0.15, 0.2) is 0 Å². The van der Waals surface area contributed by atoms with Crippen LogP contribution in [-0.4, -0.2) is 30.7 Å². The van der Waals surface area contributed by atoms with Gasteiger partial charge in [-0.1, -0.05) is 0 Å². The van der Waals surface area contributed by atoms with Crippen LogP contribution < -0.4 is 11.1 Å². The number of nitrogens with two attached hydrogens (primary N) is 1. The maximum absolute atomic E-state index is 10.6. The van der Waals surface area contributed by atoms with Crippen LogP contribution in [0.5, 0.6) is 0 Å². The third-order valence-electron chi connectivity index (χ3n) is 2.77. The van der Waals surface area contributed by atoms with E-state index in [1.807, 2.05) is 6.92 Å². The van der Waals surface area contributed by atoms with Crippen LogP contribution in [0, 0.1) is 0 Å². The Morgan fingerprint density at radius 1 is 1.77 bits per heavy atom. The molecular formula is C9H18N2O2. The summed E-state index contributed by atoms with van der Waals surface area (Å²) >= 11 is 0. The summed E-state index contributed by atoms with van der Waals surface area (Å²) < 4.78 is 5.66. The molecule has 1 saturated heterocycles. The molecule has 0 bridgehead atoms. The van der Waals surface area contributed by atoms with Gasteiger partial charge in [0.1, 0.15) is 0 Å². The summed E-state index contributed by atoms with van der Waals surface area (Å²) in [4.78, 5) is 10.6. The maximum atomic E-state index is 10.6. The average molecular weight is 186 g/mol. The van der Waals surface area contributed by atoms with E-state index in [-0.39, 0.29) is 17.6 Å². The number of hydrogen-bond acceptors (Lipinski definition) is 3. The highest BCUT2D eigenvalue weighted by Crippen LogP contribution is 2.24. The van der Waals surface area contributed by atoms with Gasteiger partial charge in [-0.05, 0) is 20.3 Å². The quantitative estimate of drug-likeness (QED) is 0.653. The molecule has 3 N–H and O–H groups in total. The fraction of sp³-hybridized carbons (Fsp3) is 0.889. The SMILES string of the molecule is CC1NCCOC1(C)CCC(N)=O. The van der Waals surface area contributed by atoms with E-state index in [9.17, 15) is 4.79 Å². The highest BCUT2D eigenvalue weighted by atomic mass is 16.5. The van der Waals surface area contributed by atoms with Gasteiger partial charge in [0.05, 0.1) is 12.2 Å². The van der Waals surface area contributed by atoms with Crippen molar-refractivity contribution in [1.29, 1.82) is 0 Å². The zero-order chi connectivity index (χ0) is 9.90. The third-order valence-corrected chi connectivity index (χ3v) is 2.77. The molecule has 0 saturated carbocycles. The van der Waals surface area contributed by atoms with Crippen molar-refractivity contribution in [3.05, 3.63) is 0 Å². The molecule has 1 aliphatic heterocycles. The summed E-state index contributed by atoms with van der Waals surface area (Å²) in [5.74, 6) is -0.261. The predicted octanol–water partition coefficient (Wildman–Crippen LogP) is 0.0189. The number of carbonyl (C=O) groups excluding carboxylic acids is 1. The zero-order valence-electron chi connectivity index (χ0n) is 8.30. The van der Waals surface area contributed by atoms with Crippen LogP contribution in [0.4, 0.5) is 0 Å². The van der Waals surface area contributed by atoms with Crippen LogP contribution in [0.1, 0.15) is 26.7 Å². The van der Waals surface area contributed by atoms with Gasteiger partial charge in [0, 0.05) is 19.0 Å². The summed E-state index contributed by atoms with van der Waals surface area (Å²) in [7, 11) is 0. The Hall–Kier alpha value is -0.610. The standard InChI is InChI=1S/C9H18N2O2/c1-7-9(2,4-3-8(10)12)13-6-5-11-7/h7,11H,3-6H2,1-2H3,(H2,10,12). The smallest absolute Gasteiger partial charge is 0.217 e. The lowest BCUT2D eigenvalue weighted by Crippen LogP contribution is -2.55. The summed E-state index contributed by atoms with van der Waals surface area (Å²) in [5.41, 5.74) is 4.86. The number of nitrogens with one attached hydrogen (secondary N) is 1. The van der Waals surface area contributed by atoms with E-state index in [2.05, 4.69) is 12.2 Å². The average Bonchev–Trinajstić information content (AvgIpc) is 2.07. The molecule has 0 radical (unpaired) electrons. The predicted molar refractivity (Wildman–Crippen MR) is 50.3 cm³/mol. The molecule has 1 rings (SSSR count). The number of morpholine rings is 1. The van der Waals surface area contributed by atoms with Gasteiger partial charge in [-0.15, -0.1) is 0 Å². The van der Waals surface area contributed by atoms with E-state index in [4.69, 9.17) is 10.5 Å². The number of primary amides is 1. The van der Waals surface area contributed by atoms with Crippen LogP contribution in [0.2, 0.25) is 0 Å². The first-order chi connectivity index (χ1) is 6.04. The first kappa shape index (κ1) is 10.5. The molecule has 0 aromatic rings. The Labute approximate surface area is 78.8 Å². The van der Waals surface area contributed by atoms with Gasteiger partial charge in [0.25, 0.3) is 0 Å². The number of ether oxygens (including phenoxy) is 1. The van der Waals surface area contributed by atoms with Gasteiger partial charge in [0.15, 0.2) is 0 Å². The molecular weight excluding hydrogens is 168 g/mol. The molecule has 4 nitrogen and oxygen atoms in total.